The maximum Gasteiger partial charge on any atom is 0.255 e. The van der Waals surface area contributed by atoms with Crippen LogP contribution in [0.3, 0.4) is 0 Å². The van der Waals surface area contributed by atoms with Gasteiger partial charge in [0.25, 0.3) is 5.91 Å². The molecule has 2 aromatic rings. The highest BCUT2D eigenvalue weighted by Gasteiger charge is 2.52. The Kier molecular flexibility index (Phi) is 3.41. The van der Waals surface area contributed by atoms with Crippen LogP contribution in [-0.2, 0) is 4.79 Å². The fraction of sp³-hybridized carbons (Fsp3) is 0.353. The van der Waals surface area contributed by atoms with Gasteiger partial charge in [-0.1, -0.05) is 0 Å². The zero-order valence-electron chi connectivity index (χ0n) is 12.6. The van der Waals surface area contributed by atoms with Gasteiger partial charge in [0.05, 0.1) is 16.7 Å². The van der Waals surface area contributed by atoms with Crippen molar-refractivity contribution < 1.29 is 9.59 Å². The number of carbonyl (C=O) groups excluding carboxylic acids is 2. The lowest BCUT2D eigenvalue weighted by molar-refractivity contribution is -0.124. The van der Waals surface area contributed by atoms with Gasteiger partial charge in [0, 0.05) is 37.4 Å². The van der Waals surface area contributed by atoms with Gasteiger partial charge in [-0.05, 0) is 36.4 Å². The van der Waals surface area contributed by atoms with Crippen molar-refractivity contribution in [1.29, 1.82) is 0 Å². The first kappa shape index (κ1) is 14.4. The third kappa shape index (κ3) is 2.34. The Labute approximate surface area is 138 Å². The standard InChI is InChI=1S/C17H17N3O2S/c21-15(13-2-1-6-18-10-13)19-7-4-17(12-19)5-8-20(16(17)22)14-3-9-23-11-14/h1-3,6,9-11H,4-5,7-8,12H2/t17-/m1/s1. The van der Waals surface area contributed by atoms with Crippen molar-refractivity contribution in [2.45, 2.75) is 12.8 Å². The number of hydrogen-bond acceptors (Lipinski definition) is 4. The molecule has 118 valence electrons. The largest absolute Gasteiger partial charge is 0.337 e. The molecule has 0 radical (unpaired) electrons. The van der Waals surface area contributed by atoms with E-state index in [-0.39, 0.29) is 11.8 Å². The van der Waals surface area contributed by atoms with Crippen LogP contribution in [0.25, 0.3) is 0 Å². The molecule has 2 aliphatic rings. The summed E-state index contributed by atoms with van der Waals surface area (Å²) in [6.45, 7) is 1.89. The van der Waals surface area contributed by atoms with Gasteiger partial charge in [0.15, 0.2) is 0 Å². The van der Waals surface area contributed by atoms with Crippen LogP contribution in [0.1, 0.15) is 23.2 Å². The van der Waals surface area contributed by atoms with Crippen LogP contribution in [0, 0.1) is 5.41 Å². The van der Waals surface area contributed by atoms with Crippen LogP contribution < -0.4 is 4.90 Å². The van der Waals surface area contributed by atoms with E-state index < -0.39 is 5.41 Å². The minimum absolute atomic E-state index is 0.0308. The maximum absolute atomic E-state index is 12.9. The highest BCUT2D eigenvalue weighted by Crippen LogP contribution is 2.42. The molecule has 1 atom stereocenters. The van der Waals surface area contributed by atoms with Gasteiger partial charge in [-0.3, -0.25) is 14.6 Å². The first-order chi connectivity index (χ1) is 11.2. The van der Waals surface area contributed by atoms with Crippen molar-refractivity contribution in [1.82, 2.24) is 9.88 Å². The average Bonchev–Trinajstić information content (AvgIpc) is 3.31. The Bertz CT molecular complexity index is 732. The smallest absolute Gasteiger partial charge is 0.255 e. The summed E-state index contributed by atoms with van der Waals surface area (Å²) in [6.07, 6.45) is 4.81. The second kappa shape index (κ2) is 5.45. The number of likely N-dealkylation sites (tertiary alicyclic amines) is 1. The van der Waals surface area contributed by atoms with Crippen LogP contribution in [0.15, 0.2) is 41.4 Å². The molecule has 0 N–H and O–H groups in total. The fourth-order valence-electron chi connectivity index (χ4n) is 3.57. The summed E-state index contributed by atoms with van der Waals surface area (Å²) in [5.41, 5.74) is 1.17. The molecule has 1 spiro atoms. The highest BCUT2D eigenvalue weighted by molar-refractivity contribution is 7.08. The van der Waals surface area contributed by atoms with Crippen LogP contribution in [0.2, 0.25) is 0 Å². The molecule has 0 aromatic carbocycles. The van der Waals surface area contributed by atoms with Gasteiger partial charge in [-0.15, -0.1) is 0 Å². The molecule has 2 amide bonds. The second-order valence-corrected chi connectivity index (χ2v) is 6.97. The number of nitrogens with zero attached hydrogens (tertiary/aromatic N) is 3. The summed E-state index contributed by atoms with van der Waals surface area (Å²) in [6, 6.07) is 5.52. The van der Waals surface area contributed by atoms with E-state index in [1.54, 1.807) is 40.8 Å². The van der Waals surface area contributed by atoms with Crippen molar-refractivity contribution >= 4 is 28.8 Å². The lowest BCUT2D eigenvalue weighted by atomic mass is 9.85. The molecule has 2 aromatic heterocycles. The number of thiophene rings is 1. The Hall–Kier alpha value is -2.21. The van der Waals surface area contributed by atoms with E-state index in [9.17, 15) is 9.59 Å². The Morgan fingerprint density at radius 1 is 1.26 bits per heavy atom. The van der Waals surface area contributed by atoms with Crippen LogP contribution in [-0.4, -0.2) is 41.3 Å². The highest BCUT2D eigenvalue weighted by atomic mass is 32.1. The third-order valence-corrected chi connectivity index (χ3v) is 5.55. The third-order valence-electron chi connectivity index (χ3n) is 4.88. The lowest BCUT2D eigenvalue weighted by Crippen LogP contribution is -2.38. The average molecular weight is 327 g/mol. The second-order valence-electron chi connectivity index (χ2n) is 6.19. The molecule has 2 aliphatic heterocycles. The van der Waals surface area contributed by atoms with Crippen molar-refractivity contribution in [2.75, 3.05) is 24.5 Å². The van der Waals surface area contributed by atoms with Gasteiger partial charge in [0.2, 0.25) is 5.91 Å². The molecule has 0 bridgehead atoms. The van der Waals surface area contributed by atoms with Crippen molar-refractivity contribution in [3.05, 3.63) is 46.9 Å². The lowest BCUT2D eigenvalue weighted by Gasteiger charge is -2.23. The summed E-state index contributed by atoms with van der Waals surface area (Å²) in [7, 11) is 0. The number of hydrogen-bond donors (Lipinski definition) is 0. The van der Waals surface area contributed by atoms with E-state index >= 15 is 0 Å². The van der Waals surface area contributed by atoms with Crippen LogP contribution in [0.5, 0.6) is 0 Å². The van der Waals surface area contributed by atoms with E-state index in [4.69, 9.17) is 0 Å². The zero-order chi connectivity index (χ0) is 15.9. The molecule has 6 heteroatoms. The molecule has 0 unspecified atom stereocenters. The first-order valence-electron chi connectivity index (χ1n) is 7.73. The predicted molar refractivity (Wildman–Crippen MR) is 88.5 cm³/mol. The summed E-state index contributed by atoms with van der Waals surface area (Å²) < 4.78 is 0. The summed E-state index contributed by atoms with van der Waals surface area (Å²) in [4.78, 5) is 33.2. The summed E-state index contributed by atoms with van der Waals surface area (Å²) in [5, 5.41) is 3.99. The molecule has 2 fully saturated rings. The minimum Gasteiger partial charge on any atom is -0.337 e. The fourth-order valence-corrected chi connectivity index (χ4v) is 4.22. The summed E-state index contributed by atoms with van der Waals surface area (Å²) in [5.74, 6) is 0.133. The van der Waals surface area contributed by atoms with Crippen LogP contribution >= 0.6 is 11.3 Å². The molecule has 2 saturated heterocycles. The van der Waals surface area contributed by atoms with Crippen molar-refractivity contribution in [3.8, 4) is 0 Å². The SMILES string of the molecule is O=C(c1cccnc1)N1CC[C@@]2(CCN(c3ccsc3)C2=O)C1. The number of aromatic nitrogens is 1. The number of carbonyl (C=O) groups is 2. The zero-order valence-corrected chi connectivity index (χ0v) is 13.5. The predicted octanol–water partition coefficient (Wildman–Crippen LogP) is 2.41. The Balaban J connectivity index is 1.52. The van der Waals surface area contributed by atoms with E-state index in [0.29, 0.717) is 18.7 Å². The molecule has 0 aliphatic carbocycles. The Morgan fingerprint density at radius 2 is 2.13 bits per heavy atom. The molecule has 4 rings (SSSR count). The first-order valence-corrected chi connectivity index (χ1v) is 8.67. The molecule has 5 nitrogen and oxygen atoms in total. The Morgan fingerprint density at radius 3 is 2.87 bits per heavy atom. The minimum atomic E-state index is -0.403. The molecular formula is C17H17N3O2S. The van der Waals surface area contributed by atoms with Gasteiger partial charge in [0.1, 0.15) is 0 Å². The topological polar surface area (TPSA) is 53.5 Å². The number of anilines is 1. The van der Waals surface area contributed by atoms with Crippen molar-refractivity contribution in [2.24, 2.45) is 5.41 Å². The van der Waals surface area contributed by atoms with Gasteiger partial charge < -0.3 is 9.80 Å². The number of rotatable bonds is 2. The molecular weight excluding hydrogens is 310 g/mol. The van der Waals surface area contributed by atoms with E-state index in [0.717, 1.165) is 25.1 Å². The molecule has 0 saturated carbocycles. The number of pyridine rings is 1. The van der Waals surface area contributed by atoms with Crippen LogP contribution in [0.4, 0.5) is 5.69 Å². The van der Waals surface area contributed by atoms with Crippen molar-refractivity contribution in [3.63, 3.8) is 0 Å². The van der Waals surface area contributed by atoms with Gasteiger partial charge in [-0.2, -0.15) is 11.3 Å². The normalized spacial score (nSPS) is 23.9. The van der Waals surface area contributed by atoms with E-state index in [1.165, 1.54) is 0 Å². The monoisotopic (exact) mass is 327 g/mol. The van der Waals surface area contributed by atoms with E-state index in [1.807, 2.05) is 21.7 Å². The van der Waals surface area contributed by atoms with E-state index in [2.05, 4.69) is 4.98 Å². The van der Waals surface area contributed by atoms with Gasteiger partial charge in [-0.25, -0.2) is 0 Å². The summed E-state index contributed by atoms with van der Waals surface area (Å²) >= 11 is 1.60. The quantitative estimate of drug-likeness (QED) is 0.851. The molecule has 23 heavy (non-hydrogen) atoms. The maximum atomic E-state index is 12.9. The number of amides is 2. The van der Waals surface area contributed by atoms with Gasteiger partial charge >= 0.3 is 0 Å². The molecule has 4 heterocycles.